The molecule has 2 aliphatic rings. The maximum atomic E-state index is 10.0. The predicted octanol–water partition coefficient (Wildman–Crippen LogP) is 2.96. The number of hydrogen-bond acceptors (Lipinski definition) is 2. The van der Waals surface area contributed by atoms with Gasteiger partial charge in [0.25, 0.3) is 0 Å². The second-order valence-electron chi connectivity index (χ2n) is 6.44. The first-order valence-electron chi connectivity index (χ1n) is 7.21. The minimum atomic E-state index is -0.143. The summed E-state index contributed by atoms with van der Waals surface area (Å²) < 4.78 is 0. The molecule has 1 aromatic carbocycles. The van der Waals surface area contributed by atoms with Crippen LogP contribution in [-0.2, 0) is 5.41 Å². The topological polar surface area (TPSA) is 46.2 Å². The smallest absolute Gasteiger partial charge is 0.0546 e. The molecule has 5 unspecified atom stereocenters. The maximum Gasteiger partial charge on any atom is 0.0546 e. The number of hydrogen-bond donors (Lipinski definition) is 2. The number of fused-ring (bicyclic) bond motifs is 1. The van der Waals surface area contributed by atoms with Crippen LogP contribution in [0.1, 0.15) is 31.7 Å². The van der Waals surface area contributed by atoms with Crippen LogP contribution in [-0.4, -0.2) is 17.8 Å². The molecule has 0 heterocycles. The van der Waals surface area contributed by atoms with Crippen LogP contribution < -0.4 is 5.73 Å². The van der Waals surface area contributed by atoms with Crippen molar-refractivity contribution < 1.29 is 5.11 Å². The number of aliphatic hydroxyl groups is 1. The van der Waals surface area contributed by atoms with E-state index in [1.54, 1.807) is 0 Å². The Morgan fingerprint density at radius 2 is 2.00 bits per heavy atom. The molecule has 0 amide bonds. The van der Waals surface area contributed by atoms with Gasteiger partial charge in [-0.1, -0.05) is 30.7 Å². The van der Waals surface area contributed by atoms with Gasteiger partial charge in [-0.05, 0) is 54.7 Å². The third-order valence-electron chi connectivity index (χ3n) is 5.50. The van der Waals surface area contributed by atoms with Crippen molar-refractivity contribution in [3.8, 4) is 0 Å². The van der Waals surface area contributed by atoms with E-state index < -0.39 is 0 Å². The Morgan fingerprint density at radius 1 is 1.32 bits per heavy atom. The highest BCUT2D eigenvalue weighted by atomic mass is 35.5. The molecule has 104 valence electrons. The van der Waals surface area contributed by atoms with E-state index in [-0.39, 0.29) is 11.5 Å². The first kappa shape index (κ1) is 13.4. The molecule has 0 saturated heterocycles. The molecule has 2 aliphatic carbocycles. The summed E-state index contributed by atoms with van der Waals surface area (Å²) in [7, 11) is 0. The molecule has 2 saturated carbocycles. The summed E-state index contributed by atoms with van der Waals surface area (Å²) in [4.78, 5) is 0. The van der Waals surface area contributed by atoms with Crippen molar-refractivity contribution in [2.24, 2.45) is 23.5 Å². The molecular formula is C16H22ClNO. The summed E-state index contributed by atoms with van der Waals surface area (Å²) in [6, 6.07) is 8.15. The zero-order valence-electron chi connectivity index (χ0n) is 11.3. The van der Waals surface area contributed by atoms with Crippen LogP contribution >= 0.6 is 11.6 Å². The SMILES string of the molecule is CC1CC(CN)(c2ccc(Cl)cc2)C2CC(O)CC12. The van der Waals surface area contributed by atoms with Crippen molar-refractivity contribution in [3.05, 3.63) is 34.9 Å². The average molecular weight is 280 g/mol. The van der Waals surface area contributed by atoms with Crippen molar-refractivity contribution in [3.63, 3.8) is 0 Å². The van der Waals surface area contributed by atoms with Gasteiger partial charge in [-0.3, -0.25) is 0 Å². The highest BCUT2D eigenvalue weighted by molar-refractivity contribution is 6.30. The van der Waals surface area contributed by atoms with E-state index in [4.69, 9.17) is 17.3 Å². The van der Waals surface area contributed by atoms with Crippen LogP contribution in [0.5, 0.6) is 0 Å². The molecule has 1 aromatic rings. The van der Waals surface area contributed by atoms with Gasteiger partial charge in [0.15, 0.2) is 0 Å². The van der Waals surface area contributed by atoms with Crippen LogP contribution in [0.2, 0.25) is 5.02 Å². The van der Waals surface area contributed by atoms with Crippen LogP contribution in [0.25, 0.3) is 0 Å². The van der Waals surface area contributed by atoms with Crippen LogP contribution in [0.15, 0.2) is 24.3 Å². The Balaban J connectivity index is 2.01. The van der Waals surface area contributed by atoms with Crippen LogP contribution in [0.3, 0.4) is 0 Å². The van der Waals surface area contributed by atoms with Gasteiger partial charge in [-0.15, -0.1) is 0 Å². The minimum Gasteiger partial charge on any atom is -0.393 e. The standard InChI is InChI=1S/C16H22ClNO/c1-10-8-16(9-18,11-2-4-12(17)5-3-11)15-7-13(19)6-14(10)15/h2-5,10,13-15,19H,6-9,18H2,1H3. The van der Waals surface area contributed by atoms with E-state index >= 15 is 0 Å². The van der Waals surface area contributed by atoms with E-state index in [1.165, 1.54) is 5.56 Å². The predicted molar refractivity (Wildman–Crippen MR) is 78.2 cm³/mol. The van der Waals surface area contributed by atoms with Crippen molar-refractivity contribution in [1.29, 1.82) is 0 Å². The Labute approximate surface area is 120 Å². The summed E-state index contributed by atoms with van der Waals surface area (Å²) in [6.07, 6.45) is 2.83. The lowest BCUT2D eigenvalue weighted by molar-refractivity contribution is 0.159. The van der Waals surface area contributed by atoms with Gasteiger partial charge in [0.2, 0.25) is 0 Å². The van der Waals surface area contributed by atoms with Crippen molar-refractivity contribution in [2.45, 2.75) is 37.7 Å². The van der Waals surface area contributed by atoms with Crippen molar-refractivity contribution in [2.75, 3.05) is 6.54 Å². The number of nitrogens with two attached hydrogens (primary N) is 1. The van der Waals surface area contributed by atoms with Gasteiger partial charge >= 0.3 is 0 Å². The highest BCUT2D eigenvalue weighted by Crippen LogP contribution is 2.58. The molecule has 0 radical (unpaired) electrons. The quantitative estimate of drug-likeness (QED) is 0.874. The molecule has 5 atom stereocenters. The molecule has 0 bridgehead atoms. The van der Waals surface area contributed by atoms with Gasteiger partial charge in [0, 0.05) is 17.0 Å². The fourth-order valence-electron chi connectivity index (χ4n) is 4.65. The average Bonchev–Trinajstić information content (AvgIpc) is 2.89. The minimum absolute atomic E-state index is 0.0339. The van der Waals surface area contributed by atoms with Gasteiger partial charge in [0.05, 0.1) is 6.10 Å². The lowest BCUT2D eigenvalue weighted by atomic mass is 9.71. The molecule has 0 spiro atoms. The molecule has 3 N–H and O–H groups in total. The molecule has 0 aromatic heterocycles. The molecule has 3 rings (SSSR count). The summed E-state index contributed by atoms with van der Waals surface area (Å²) in [6.45, 7) is 2.97. The van der Waals surface area contributed by atoms with E-state index in [2.05, 4.69) is 19.1 Å². The van der Waals surface area contributed by atoms with Gasteiger partial charge in [0.1, 0.15) is 0 Å². The summed E-state index contributed by atoms with van der Waals surface area (Å²) in [5.74, 6) is 1.78. The largest absolute Gasteiger partial charge is 0.393 e. The van der Waals surface area contributed by atoms with E-state index in [1.807, 2.05) is 12.1 Å². The van der Waals surface area contributed by atoms with Gasteiger partial charge in [-0.2, -0.15) is 0 Å². The third kappa shape index (κ3) is 2.01. The zero-order valence-corrected chi connectivity index (χ0v) is 12.1. The third-order valence-corrected chi connectivity index (χ3v) is 5.75. The summed E-state index contributed by atoms with van der Waals surface area (Å²) in [5.41, 5.74) is 7.52. The highest BCUT2D eigenvalue weighted by Gasteiger charge is 2.55. The maximum absolute atomic E-state index is 10.0. The van der Waals surface area contributed by atoms with Gasteiger partial charge < -0.3 is 10.8 Å². The second kappa shape index (κ2) is 4.76. The lowest BCUT2D eigenvalue weighted by Crippen LogP contribution is -2.39. The fraction of sp³-hybridized carbons (Fsp3) is 0.625. The number of rotatable bonds is 2. The second-order valence-corrected chi connectivity index (χ2v) is 6.88. The molecule has 19 heavy (non-hydrogen) atoms. The fourth-order valence-corrected chi connectivity index (χ4v) is 4.78. The first-order chi connectivity index (χ1) is 9.06. The number of aliphatic hydroxyl groups excluding tert-OH is 1. The monoisotopic (exact) mass is 279 g/mol. The zero-order chi connectivity index (χ0) is 13.6. The van der Waals surface area contributed by atoms with Crippen LogP contribution in [0, 0.1) is 17.8 Å². The van der Waals surface area contributed by atoms with E-state index in [9.17, 15) is 5.11 Å². The first-order valence-corrected chi connectivity index (χ1v) is 7.59. The van der Waals surface area contributed by atoms with Crippen LogP contribution in [0.4, 0.5) is 0 Å². The Hall–Kier alpha value is -0.570. The van der Waals surface area contributed by atoms with E-state index in [0.29, 0.717) is 24.3 Å². The van der Waals surface area contributed by atoms with Gasteiger partial charge in [-0.25, -0.2) is 0 Å². The Morgan fingerprint density at radius 3 is 2.63 bits per heavy atom. The number of benzene rings is 1. The molecule has 2 nitrogen and oxygen atoms in total. The lowest BCUT2D eigenvalue weighted by Gasteiger charge is -2.35. The molecular weight excluding hydrogens is 258 g/mol. The normalized spacial score (nSPS) is 41.5. The van der Waals surface area contributed by atoms with Crippen molar-refractivity contribution in [1.82, 2.24) is 0 Å². The Bertz CT molecular complexity index is 460. The molecule has 0 aliphatic heterocycles. The summed E-state index contributed by atoms with van der Waals surface area (Å²) in [5, 5.41) is 10.8. The Kier molecular flexibility index (Phi) is 3.36. The number of halogens is 1. The van der Waals surface area contributed by atoms with Crippen molar-refractivity contribution >= 4 is 11.6 Å². The summed E-state index contributed by atoms with van der Waals surface area (Å²) >= 11 is 6.00. The van der Waals surface area contributed by atoms with E-state index in [0.717, 1.165) is 24.3 Å². The molecule has 3 heteroatoms. The molecule has 2 fully saturated rings.